The SMILES string of the molecule is CC(C)C[C@@H](NC(=O)CSc1nnc(-c2cccc(F)c2)n1N)c1ccccc1. The quantitative estimate of drug-likeness (QED) is 0.433. The first-order chi connectivity index (χ1) is 13.9. The largest absolute Gasteiger partial charge is 0.349 e. The summed E-state index contributed by atoms with van der Waals surface area (Å²) in [7, 11) is 0. The number of hydrogen-bond acceptors (Lipinski definition) is 5. The van der Waals surface area contributed by atoms with E-state index in [1.807, 2.05) is 30.3 Å². The molecule has 0 radical (unpaired) electrons. The minimum absolute atomic E-state index is 0.0529. The lowest BCUT2D eigenvalue weighted by Gasteiger charge is -2.21. The van der Waals surface area contributed by atoms with Crippen LogP contribution in [-0.4, -0.2) is 26.5 Å². The fourth-order valence-corrected chi connectivity index (χ4v) is 3.67. The molecular formula is C21H24FN5OS. The van der Waals surface area contributed by atoms with E-state index in [2.05, 4.69) is 29.4 Å². The van der Waals surface area contributed by atoms with Crippen LogP contribution in [0.3, 0.4) is 0 Å². The Bertz CT molecular complexity index is 961. The maximum Gasteiger partial charge on any atom is 0.230 e. The summed E-state index contributed by atoms with van der Waals surface area (Å²) in [5, 5.41) is 11.5. The van der Waals surface area contributed by atoms with E-state index in [9.17, 15) is 9.18 Å². The molecule has 29 heavy (non-hydrogen) atoms. The number of nitrogens with zero attached hydrogens (tertiary/aromatic N) is 3. The standard InChI is InChI=1S/C21H24FN5OS/c1-14(2)11-18(15-7-4-3-5-8-15)24-19(28)13-29-21-26-25-20(27(21)23)16-9-6-10-17(22)12-16/h3-10,12,14,18H,11,13,23H2,1-2H3,(H,24,28)/t18-/m1/s1. The Morgan fingerprint density at radius 3 is 2.62 bits per heavy atom. The number of benzene rings is 2. The zero-order valence-corrected chi connectivity index (χ0v) is 17.2. The Kier molecular flexibility index (Phi) is 6.87. The Labute approximate surface area is 173 Å². The van der Waals surface area contributed by atoms with Gasteiger partial charge in [-0.05, 0) is 30.0 Å². The predicted molar refractivity (Wildman–Crippen MR) is 113 cm³/mol. The van der Waals surface area contributed by atoms with Gasteiger partial charge in [0.1, 0.15) is 5.82 Å². The smallest absolute Gasteiger partial charge is 0.230 e. The third-order valence-corrected chi connectivity index (χ3v) is 5.27. The third-order valence-electron chi connectivity index (χ3n) is 4.32. The normalized spacial score (nSPS) is 12.1. The second-order valence-corrected chi connectivity index (χ2v) is 8.08. The monoisotopic (exact) mass is 413 g/mol. The van der Waals surface area contributed by atoms with Crippen LogP contribution in [0.4, 0.5) is 4.39 Å². The van der Waals surface area contributed by atoms with Gasteiger partial charge in [0, 0.05) is 5.56 Å². The molecule has 0 aliphatic heterocycles. The molecule has 152 valence electrons. The number of carbonyl (C=O) groups is 1. The van der Waals surface area contributed by atoms with Crippen molar-refractivity contribution in [1.82, 2.24) is 20.2 Å². The van der Waals surface area contributed by atoms with Crippen LogP contribution < -0.4 is 11.2 Å². The minimum atomic E-state index is -0.379. The average Bonchev–Trinajstić information content (AvgIpc) is 3.07. The molecule has 0 aliphatic carbocycles. The highest BCUT2D eigenvalue weighted by Gasteiger charge is 2.18. The highest BCUT2D eigenvalue weighted by molar-refractivity contribution is 7.99. The van der Waals surface area contributed by atoms with E-state index in [-0.39, 0.29) is 23.5 Å². The van der Waals surface area contributed by atoms with Gasteiger partial charge in [-0.2, -0.15) is 0 Å². The maximum absolute atomic E-state index is 13.4. The molecule has 1 heterocycles. The van der Waals surface area contributed by atoms with Crippen LogP contribution in [0.1, 0.15) is 31.9 Å². The number of aromatic nitrogens is 3. The zero-order valence-electron chi connectivity index (χ0n) is 16.4. The fraction of sp³-hybridized carbons (Fsp3) is 0.286. The maximum atomic E-state index is 13.4. The van der Waals surface area contributed by atoms with Crippen molar-refractivity contribution in [3.8, 4) is 11.4 Å². The van der Waals surface area contributed by atoms with Crippen molar-refractivity contribution < 1.29 is 9.18 Å². The molecule has 0 fully saturated rings. The average molecular weight is 414 g/mol. The van der Waals surface area contributed by atoms with E-state index in [0.717, 1.165) is 12.0 Å². The molecule has 0 spiro atoms. The van der Waals surface area contributed by atoms with E-state index in [1.165, 1.54) is 28.6 Å². The lowest BCUT2D eigenvalue weighted by molar-refractivity contribution is -0.119. The van der Waals surface area contributed by atoms with E-state index in [0.29, 0.717) is 22.5 Å². The highest BCUT2D eigenvalue weighted by Crippen LogP contribution is 2.24. The van der Waals surface area contributed by atoms with E-state index in [1.54, 1.807) is 12.1 Å². The van der Waals surface area contributed by atoms with Crippen LogP contribution in [0.15, 0.2) is 59.8 Å². The Morgan fingerprint density at radius 2 is 1.93 bits per heavy atom. The van der Waals surface area contributed by atoms with Crippen LogP contribution in [-0.2, 0) is 4.79 Å². The molecule has 6 nitrogen and oxygen atoms in total. The van der Waals surface area contributed by atoms with Gasteiger partial charge in [0.2, 0.25) is 11.1 Å². The number of nitrogen functional groups attached to an aromatic ring is 1. The van der Waals surface area contributed by atoms with Gasteiger partial charge in [0.25, 0.3) is 0 Å². The summed E-state index contributed by atoms with van der Waals surface area (Å²) >= 11 is 1.19. The van der Waals surface area contributed by atoms with Gasteiger partial charge in [-0.15, -0.1) is 10.2 Å². The summed E-state index contributed by atoms with van der Waals surface area (Å²) < 4.78 is 14.7. The Hall–Kier alpha value is -2.87. The molecule has 0 saturated carbocycles. The second kappa shape index (κ2) is 9.56. The van der Waals surface area contributed by atoms with Gasteiger partial charge < -0.3 is 11.2 Å². The van der Waals surface area contributed by atoms with Gasteiger partial charge >= 0.3 is 0 Å². The van der Waals surface area contributed by atoms with Gasteiger partial charge in [-0.1, -0.05) is 68.1 Å². The molecule has 0 unspecified atom stereocenters. The highest BCUT2D eigenvalue weighted by atomic mass is 32.2. The lowest BCUT2D eigenvalue weighted by Crippen LogP contribution is -2.31. The Morgan fingerprint density at radius 1 is 1.17 bits per heavy atom. The number of halogens is 1. The van der Waals surface area contributed by atoms with Gasteiger partial charge in [0.15, 0.2) is 5.82 Å². The van der Waals surface area contributed by atoms with Crippen molar-refractivity contribution in [3.63, 3.8) is 0 Å². The summed E-state index contributed by atoms with van der Waals surface area (Å²) in [6.45, 7) is 4.25. The second-order valence-electron chi connectivity index (χ2n) is 7.14. The number of nitrogens with one attached hydrogen (secondary N) is 1. The molecule has 1 atom stereocenters. The minimum Gasteiger partial charge on any atom is -0.349 e. The van der Waals surface area contributed by atoms with E-state index < -0.39 is 0 Å². The molecule has 2 aromatic carbocycles. The first-order valence-electron chi connectivity index (χ1n) is 9.37. The fourth-order valence-electron chi connectivity index (χ4n) is 3.00. The van der Waals surface area contributed by atoms with Gasteiger partial charge in [-0.25, -0.2) is 9.07 Å². The van der Waals surface area contributed by atoms with Gasteiger partial charge in [-0.3, -0.25) is 4.79 Å². The molecule has 3 N–H and O–H groups in total. The number of nitrogens with two attached hydrogens (primary N) is 1. The van der Waals surface area contributed by atoms with Crippen molar-refractivity contribution in [3.05, 3.63) is 66.0 Å². The van der Waals surface area contributed by atoms with Crippen LogP contribution >= 0.6 is 11.8 Å². The van der Waals surface area contributed by atoms with E-state index in [4.69, 9.17) is 5.84 Å². The summed E-state index contributed by atoms with van der Waals surface area (Å²) in [5.41, 5.74) is 1.60. The van der Waals surface area contributed by atoms with Crippen LogP contribution in [0.5, 0.6) is 0 Å². The third kappa shape index (κ3) is 5.57. The molecule has 0 saturated heterocycles. The number of thioether (sulfide) groups is 1. The summed E-state index contributed by atoms with van der Waals surface area (Å²) in [4.78, 5) is 12.5. The molecule has 8 heteroatoms. The number of amides is 1. The molecular weight excluding hydrogens is 389 g/mol. The van der Waals surface area contributed by atoms with Crippen molar-refractivity contribution in [2.45, 2.75) is 31.5 Å². The summed E-state index contributed by atoms with van der Waals surface area (Å²) in [6.07, 6.45) is 0.844. The predicted octanol–water partition coefficient (Wildman–Crippen LogP) is 3.79. The first-order valence-corrected chi connectivity index (χ1v) is 10.4. The van der Waals surface area contributed by atoms with Crippen molar-refractivity contribution in [1.29, 1.82) is 0 Å². The van der Waals surface area contributed by atoms with Crippen LogP contribution in [0.25, 0.3) is 11.4 Å². The molecule has 0 bridgehead atoms. The summed E-state index contributed by atoms with van der Waals surface area (Å²) in [6, 6.07) is 15.8. The summed E-state index contributed by atoms with van der Waals surface area (Å²) in [5.74, 6) is 6.49. The van der Waals surface area contributed by atoms with Gasteiger partial charge in [0.05, 0.1) is 11.8 Å². The zero-order chi connectivity index (χ0) is 20.8. The molecule has 1 aromatic heterocycles. The number of carbonyl (C=O) groups excluding carboxylic acids is 1. The van der Waals surface area contributed by atoms with Crippen LogP contribution in [0.2, 0.25) is 0 Å². The van der Waals surface area contributed by atoms with Crippen molar-refractivity contribution in [2.75, 3.05) is 11.6 Å². The molecule has 1 amide bonds. The first kappa shape index (κ1) is 20.9. The van der Waals surface area contributed by atoms with E-state index >= 15 is 0 Å². The van der Waals surface area contributed by atoms with Crippen LogP contribution in [0, 0.1) is 11.7 Å². The Balaban J connectivity index is 1.64. The molecule has 3 aromatic rings. The van der Waals surface area contributed by atoms with Crippen molar-refractivity contribution in [2.24, 2.45) is 5.92 Å². The van der Waals surface area contributed by atoms with Crippen molar-refractivity contribution >= 4 is 17.7 Å². The molecule has 0 aliphatic rings. The number of rotatable bonds is 8. The molecule has 3 rings (SSSR count). The number of hydrogen-bond donors (Lipinski definition) is 2. The topological polar surface area (TPSA) is 85.8 Å². The lowest BCUT2D eigenvalue weighted by atomic mass is 9.97.